The largest absolute Gasteiger partial charge is 0.309 e. The van der Waals surface area contributed by atoms with Gasteiger partial charge in [-0.1, -0.05) is 285 Å². The molecule has 5 heterocycles. The average molecular weight is 1230 g/mol. The lowest BCUT2D eigenvalue weighted by atomic mass is 9.65. The molecule has 0 bridgehead atoms. The summed E-state index contributed by atoms with van der Waals surface area (Å²) in [5.74, 6) is 0. The molecule has 2 spiro atoms. The van der Waals surface area contributed by atoms with Gasteiger partial charge in [0, 0.05) is 43.6 Å². The standard InChI is InChI=1S/C94H55N3/c1-2-25-56(26-3-1)95-82-50-13-6-27-59(82)66-38-20-41-71(90(66)95)87-64-34-18-32-57(62-36-21-46-78-88(62)69-30-4-9-42-74(69)93(78)76-44-11-16-53-85(76)96-83-51-14-7-28-60(83)67-39-23-48-80(93)91(67)96)72(64)55-73-58(33-19-35-65(73)87)63-37-22-47-79-89(63)70-31-5-10-43-75(70)94(79)77-45-12-17-54-86(77)97-84-52-15-8-29-61(84)68-40-24-49-81(94)92(68)97/h1-55H. The maximum atomic E-state index is 2.59. The molecule has 0 saturated carbocycles. The molecule has 2 aliphatic carbocycles. The molecule has 4 aliphatic rings. The van der Waals surface area contributed by atoms with Crippen LogP contribution in [-0.2, 0) is 10.8 Å². The van der Waals surface area contributed by atoms with Gasteiger partial charge in [0.2, 0.25) is 0 Å². The van der Waals surface area contributed by atoms with Crippen LogP contribution in [0.2, 0.25) is 0 Å². The minimum absolute atomic E-state index is 0.610. The number of benzene rings is 16. The molecule has 97 heavy (non-hydrogen) atoms. The SMILES string of the molecule is c1ccc(-n2c3ccccc3c3cccc(-c4c5cccc(-c6cccc7c6-c6ccccc6C76c7ccccc7-n7c8ccccc8c8cccc6c87)c5cc5c(-c6cccc7c6-c6ccccc6C76c7ccccc7-n7c8ccccc8c8cccc6c87)cccc45)c32)cc1. The number of para-hydroxylation sites is 9. The van der Waals surface area contributed by atoms with Gasteiger partial charge < -0.3 is 13.7 Å². The minimum atomic E-state index is -0.610. The second-order valence-corrected chi connectivity index (χ2v) is 27.1. The van der Waals surface area contributed by atoms with E-state index in [9.17, 15) is 0 Å². The first-order valence-electron chi connectivity index (χ1n) is 34.0. The molecular formula is C94H55N3. The van der Waals surface area contributed by atoms with Crippen LogP contribution in [0.15, 0.2) is 334 Å². The summed E-state index contributed by atoms with van der Waals surface area (Å²) in [5.41, 5.74) is 32.6. The minimum Gasteiger partial charge on any atom is -0.309 e. The molecule has 23 rings (SSSR count). The summed E-state index contributed by atoms with van der Waals surface area (Å²) in [5, 5.41) is 12.4. The Morgan fingerprint density at radius 3 is 1.01 bits per heavy atom. The van der Waals surface area contributed by atoms with Crippen molar-refractivity contribution in [1.29, 1.82) is 0 Å². The molecule has 2 atom stereocenters. The summed E-state index contributed by atoms with van der Waals surface area (Å²) in [7, 11) is 0. The topological polar surface area (TPSA) is 14.8 Å². The van der Waals surface area contributed by atoms with Crippen LogP contribution in [0, 0.1) is 0 Å². The first kappa shape index (κ1) is 51.9. The summed E-state index contributed by atoms with van der Waals surface area (Å²) < 4.78 is 7.61. The molecule has 3 nitrogen and oxygen atoms in total. The maximum Gasteiger partial charge on any atom is 0.0754 e. The van der Waals surface area contributed by atoms with Crippen LogP contribution < -0.4 is 0 Å². The van der Waals surface area contributed by atoms with Gasteiger partial charge in [0.05, 0.1) is 55.3 Å². The molecular weight excluding hydrogens is 1170 g/mol. The molecule has 2 aliphatic heterocycles. The van der Waals surface area contributed by atoms with Crippen LogP contribution in [0.4, 0.5) is 0 Å². The lowest BCUT2D eigenvalue weighted by molar-refractivity contribution is 0.748. The van der Waals surface area contributed by atoms with E-state index in [0.29, 0.717) is 0 Å². The van der Waals surface area contributed by atoms with Gasteiger partial charge in [0.15, 0.2) is 0 Å². The highest BCUT2D eigenvalue weighted by atomic mass is 15.0. The van der Waals surface area contributed by atoms with E-state index in [0.717, 1.165) is 5.69 Å². The lowest BCUT2D eigenvalue weighted by Gasteiger charge is -2.39. The van der Waals surface area contributed by atoms with E-state index >= 15 is 0 Å². The van der Waals surface area contributed by atoms with E-state index in [1.54, 1.807) is 0 Å². The van der Waals surface area contributed by atoms with Crippen LogP contribution in [0.5, 0.6) is 0 Å². The second kappa shape index (κ2) is 18.6. The maximum absolute atomic E-state index is 2.59. The van der Waals surface area contributed by atoms with Gasteiger partial charge in [0.25, 0.3) is 0 Å². The molecule has 0 N–H and O–H groups in total. The van der Waals surface area contributed by atoms with Gasteiger partial charge in [-0.05, 0) is 165 Å². The summed E-state index contributed by atoms with van der Waals surface area (Å²) in [6.07, 6.45) is 0. The van der Waals surface area contributed by atoms with Crippen LogP contribution in [0.3, 0.4) is 0 Å². The second-order valence-electron chi connectivity index (χ2n) is 27.1. The third-order valence-corrected chi connectivity index (χ3v) is 23.0. The molecule has 2 unspecified atom stereocenters. The van der Waals surface area contributed by atoms with E-state index in [1.807, 2.05) is 0 Å². The van der Waals surface area contributed by atoms with Crippen LogP contribution >= 0.6 is 0 Å². The molecule has 0 fully saturated rings. The predicted molar refractivity (Wildman–Crippen MR) is 403 cm³/mol. The van der Waals surface area contributed by atoms with E-state index in [-0.39, 0.29) is 0 Å². The Bertz CT molecular complexity index is 6440. The molecule has 19 aromatic rings. The lowest BCUT2D eigenvalue weighted by Crippen LogP contribution is -2.33. The highest BCUT2D eigenvalue weighted by molar-refractivity contribution is 6.25. The Morgan fingerprint density at radius 2 is 0.505 bits per heavy atom. The number of aromatic nitrogens is 3. The van der Waals surface area contributed by atoms with Crippen LogP contribution in [0.25, 0.3) is 160 Å². The summed E-state index contributed by atoms with van der Waals surface area (Å²) in [4.78, 5) is 0. The molecule has 0 amide bonds. The van der Waals surface area contributed by atoms with Gasteiger partial charge in [0.1, 0.15) is 0 Å². The van der Waals surface area contributed by atoms with Gasteiger partial charge in [-0.25, -0.2) is 0 Å². The zero-order chi connectivity index (χ0) is 63.0. The fourth-order valence-electron chi connectivity index (χ4n) is 19.7. The van der Waals surface area contributed by atoms with E-state index in [2.05, 4.69) is 347 Å². The van der Waals surface area contributed by atoms with Crippen molar-refractivity contribution in [2.24, 2.45) is 0 Å². The van der Waals surface area contributed by atoms with Crippen molar-refractivity contribution in [2.45, 2.75) is 10.8 Å². The number of hydrogen-bond donors (Lipinski definition) is 0. The van der Waals surface area contributed by atoms with Crippen LogP contribution in [-0.4, -0.2) is 13.7 Å². The Hall–Kier alpha value is -12.6. The van der Waals surface area contributed by atoms with Gasteiger partial charge in [-0.3, -0.25) is 0 Å². The van der Waals surface area contributed by atoms with Crippen molar-refractivity contribution >= 4 is 87.0 Å². The third kappa shape index (κ3) is 6.21. The fourth-order valence-corrected chi connectivity index (χ4v) is 19.7. The molecule has 446 valence electrons. The predicted octanol–water partition coefficient (Wildman–Crippen LogP) is 23.6. The normalized spacial score (nSPS) is 15.9. The Kier molecular flexibility index (Phi) is 9.97. The van der Waals surface area contributed by atoms with Crippen molar-refractivity contribution in [2.75, 3.05) is 0 Å². The number of fused-ring (bicyclic) bond motifs is 29. The Labute approximate surface area is 558 Å². The molecule has 0 saturated heterocycles. The average Bonchev–Trinajstić information content (AvgIpc) is 1.52. The molecule has 3 heteroatoms. The van der Waals surface area contributed by atoms with E-state index in [4.69, 9.17) is 0 Å². The molecule has 0 radical (unpaired) electrons. The molecule has 3 aromatic heterocycles. The molecule has 16 aromatic carbocycles. The Balaban J connectivity index is 0.845. The van der Waals surface area contributed by atoms with Crippen LogP contribution in [0.1, 0.15) is 44.5 Å². The quantitative estimate of drug-likeness (QED) is 0.156. The van der Waals surface area contributed by atoms with Crippen molar-refractivity contribution in [3.63, 3.8) is 0 Å². The third-order valence-electron chi connectivity index (χ3n) is 23.0. The number of hydrogen-bond acceptors (Lipinski definition) is 0. The van der Waals surface area contributed by atoms with Gasteiger partial charge >= 0.3 is 0 Å². The smallest absolute Gasteiger partial charge is 0.0754 e. The first-order valence-corrected chi connectivity index (χ1v) is 34.0. The first-order chi connectivity index (χ1) is 48.2. The van der Waals surface area contributed by atoms with Crippen molar-refractivity contribution < 1.29 is 0 Å². The number of nitrogens with zero attached hydrogens (tertiary/aromatic N) is 3. The number of rotatable bonds is 4. The van der Waals surface area contributed by atoms with E-state index < -0.39 is 10.8 Å². The van der Waals surface area contributed by atoms with Crippen molar-refractivity contribution in [3.05, 3.63) is 378 Å². The monoisotopic (exact) mass is 1230 g/mol. The van der Waals surface area contributed by atoms with Gasteiger partial charge in [-0.15, -0.1) is 0 Å². The summed E-state index contributed by atoms with van der Waals surface area (Å²) >= 11 is 0. The summed E-state index contributed by atoms with van der Waals surface area (Å²) in [6.45, 7) is 0. The Morgan fingerprint density at radius 1 is 0.175 bits per heavy atom. The fraction of sp³-hybridized carbons (Fsp3) is 0.0213. The van der Waals surface area contributed by atoms with Crippen molar-refractivity contribution in [1.82, 2.24) is 13.7 Å². The summed E-state index contributed by atoms with van der Waals surface area (Å²) in [6, 6.07) is 128. The highest BCUT2D eigenvalue weighted by Crippen LogP contribution is 2.65. The van der Waals surface area contributed by atoms with Crippen molar-refractivity contribution in [3.8, 4) is 72.7 Å². The van der Waals surface area contributed by atoms with E-state index in [1.165, 1.54) is 198 Å². The van der Waals surface area contributed by atoms with Gasteiger partial charge in [-0.2, -0.15) is 0 Å². The zero-order valence-corrected chi connectivity index (χ0v) is 52.6. The highest BCUT2D eigenvalue weighted by Gasteiger charge is 2.53. The zero-order valence-electron chi connectivity index (χ0n) is 52.6.